The van der Waals surface area contributed by atoms with Crippen LogP contribution in [0.3, 0.4) is 0 Å². The van der Waals surface area contributed by atoms with Gasteiger partial charge in [0.25, 0.3) is 0 Å². The molecule has 0 radical (unpaired) electrons. The summed E-state index contributed by atoms with van der Waals surface area (Å²) >= 11 is -1.24. The molecule has 182 valence electrons. The first-order chi connectivity index (χ1) is 17.2. The van der Waals surface area contributed by atoms with E-state index in [0.717, 1.165) is 0 Å². The van der Waals surface area contributed by atoms with Gasteiger partial charge in [0, 0.05) is 0 Å². The summed E-state index contributed by atoms with van der Waals surface area (Å²) in [5.74, 6) is 0. The van der Waals surface area contributed by atoms with Gasteiger partial charge in [-0.3, -0.25) is 0 Å². The molecule has 0 fully saturated rings. The van der Waals surface area contributed by atoms with Crippen molar-refractivity contribution in [3.8, 4) is 20.9 Å². The molecule has 36 heavy (non-hydrogen) atoms. The van der Waals surface area contributed by atoms with E-state index < -0.39 is 15.9 Å². The second-order valence-electron chi connectivity index (χ2n) is 10.4. The molecule has 2 unspecified atom stereocenters. The van der Waals surface area contributed by atoms with Crippen LogP contribution in [0.25, 0.3) is 33.0 Å². The molecule has 0 saturated heterocycles. The minimum atomic E-state index is -4.80. The number of thiophene rings is 2. The van der Waals surface area contributed by atoms with Crippen molar-refractivity contribution in [1.29, 1.82) is 0 Å². The molecule has 0 aliphatic heterocycles. The Hall–Kier alpha value is -1.35. The summed E-state index contributed by atoms with van der Waals surface area (Å²) < 4.78 is 1.30. The number of halogens is 2. The fourth-order valence-corrected chi connectivity index (χ4v) is 27.1. The van der Waals surface area contributed by atoms with Gasteiger partial charge in [-0.1, -0.05) is 0 Å². The number of fused-ring (bicyclic) bond motifs is 2. The Labute approximate surface area is 229 Å². The predicted octanol–water partition coefficient (Wildman–Crippen LogP) is 11.0. The summed E-state index contributed by atoms with van der Waals surface area (Å²) in [6.45, 7) is 8.85. The van der Waals surface area contributed by atoms with Crippen LogP contribution in [0.2, 0.25) is 0 Å². The Kier molecular flexibility index (Phi) is 6.14. The molecular weight excluding hydrogens is 599 g/mol. The van der Waals surface area contributed by atoms with Crippen LogP contribution in [0.1, 0.15) is 57.2 Å². The van der Waals surface area contributed by atoms with Crippen LogP contribution >= 0.6 is 39.7 Å². The molecule has 5 heteroatoms. The third-order valence-electron chi connectivity index (χ3n) is 8.14. The second kappa shape index (κ2) is 8.86. The molecule has 2 atom stereocenters. The van der Waals surface area contributed by atoms with E-state index in [0.29, 0.717) is 0 Å². The van der Waals surface area contributed by atoms with Gasteiger partial charge >= 0.3 is 232 Å². The maximum atomic E-state index is 8.20. The normalized spacial score (nSPS) is 19.1. The van der Waals surface area contributed by atoms with Crippen molar-refractivity contribution in [1.82, 2.24) is 0 Å². The van der Waals surface area contributed by atoms with Gasteiger partial charge in [-0.05, 0) is 0 Å². The first kappa shape index (κ1) is 25.0. The molecule has 2 aromatic carbocycles. The van der Waals surface area contributed by atoms with E-state index in [2.05, 4.69) is 111 Å². The van der Waals surface area contributed by atoms with Crippen molar-refractivity contribution in [3.05, 3.63) is 105 Å². The van der Waals surface area contributed by atoms with Gasteiger partial charge < -0.3 is 0 Å². The summed E-state index contributed by atoms with van der Waals surface area (Å²) in [6.07, 6.45) is 4.71. The van der Waals surface area contributed by atoms with Crippen LogP contribution in [-0.2, 0) is 15.9 Å². The van der Waals surface area contributed by atoms with Gasteiger partial charge in [0.1, 0.15) is 0 Å². The zero-order valence-corrected chi connectivity index (χ0v) is 26.4. The van der Waals surface area contributed by atoms with E-state index >= 15 is 0 Å². The van der Waals surface area contributed by atoms with Gasteiger partial charge in [-0.2, -0.15) is 0 Å². The molecule has 2 aromatic heterocycles. The Morgan fingerprint density at radius 2 is 1.11 bits per heavy atom. The van der Waals surface area contributed by atoms with Crippen molar-refractivity contribution in [2.24, 2.45) is 0 Å². The predicted molar refractivity (Wildman–Crippen MR) is 160 cm³/mol. The van der Waals surface area contributed by atoms with Crippen LogP contribution in [0, 0.1) is 0 Å². The Balaban J connectivity index is 1.60. The minimum absolute atomic E-state index is 0.0411. The first-order valence-electron chi connectivity index (χ1n) is 12.3. The molecule has 0 spiro atoms. The average molecular weight is 627 g/mol. The summed E-state index contributed by atoms with van der Waals surface area (Å²) in [6, 6.07) is 22.0. The van der Waals surface area contributed by atoms with Crippen LogP contribution in [-0.4, -0.2) is 3.21 Å². The average Bonchev–Trinajstić information content (AvgIpc) is 3.63. The Bertz CT molecular complexity index is 1510. The molecule has 0 nitrogen and oxygen atoms in total. The maximum absolute atomic E-state index is 8.20. The van der Waals surface area contributed by atoms with Crippen LogP contribution in [0.4, 0.5) is 0 Å². The van der Waals surface area contributed by atoms with Crippen molar-refractivity contribution in [2.75, 3.05) is 0 Å². The van der Waals surface area contributed by atoms with Gasteiger partial charge in [-0.15, -0.1) is 0 Å². The number of rotatable bonds is 4. The van der Waals surface area contributed by atoms with E-state index in [1.807, 2.05) is 0 Å². The summed E-state index contributed by atoms with van der Waals surface area (Å²) in [5.41, 5.74) is 10.3. The Morgan fingerprint density at radius 1 is 0.667 bits per heavy atom. The molecular formula is C31H28Cl2S2Zr. The van der Waals surface area contributed by atoms with Crippen molar-refractivity contribution in [3.63, 3.8) is 0 Å². The van der Waals surface area contributed by atoms with E-state index in [4.69, 9.17) is 17.0 Å². The molecule has 4 aromatic rings. The van der Waals surface area contributed by atoms with E-state index in [-0.39, 0.29) is 7.25 Å². The fraction of sp³-hybridized carbons (Fsp3) is 0.194. The van der Waals surface area contributed by atoms with Gasteiger partial charge in [0.05, 0.1) is 0 Å². The number of hydrogen-bond donors (Lipinski definition) is 0. The van der Waals surface area contributed by atoms with Crippen LogP contribution in [0.5, 0.6) is 0 Å². The molecule has 0 saturated carbocycles. The van der Waals surface area contributed by atoms with Crippen molar-refractivity contribution < 1.29 is 15.9 Å². The van der Waals surface area contributed by atoms with Gasteiger partial charge in [0.15, 0.2) is 0 Å². The van der Waals surface area contributed by atoms with Crippen molar-refractivity contribution in [2.45, 2.75) is 34.9 Å². The number of allylic oxidation sites excluding steroid dienone is 2. The Morgan fingerprint density at radius 3 is 1.47 bits per heavy atom. The standard InChI is InChI=1S/2C14H11S.C3H6.2ClH.Zr/c2*1-10-8-11-4-2-5-12(13(11)9-10)14-6-3-7-15-14;1-3-2;;;/h2*2-9H,1H3;1-2H3;2*1H;/q;;;;;+2/p-2. The SMILES string of the molecule is CC1=Cc2c(-c3cccs3)cccc2[CH]1[Zr]([Cl])([Cl])(=[C](C)C)[CH]1C(C)=Cc2c(-c3cccs3)cccc21. The third kappa shape index (κ3) is 3.50. The van der Waals surface area contributed by atoms with Gasteiger partial charge in [-0.25, -0.2) is 0 Å². The topological polar surface area (TPSA) is 0 Å². The molecule has 0 N–H and O–H groups in total. The molecule has 0 amide bonds. The van der Waals surface area contributed by atoms with E-state index in [1.54, 1.807) is 22.7 Å². The summed E-state index contributed by atoms with van der Waals surface area (Å²) in [7, 11) is 16.4. The summed E-state index contributed by atoms with van der Waals surface area (Å²) in [5, 5.41) is 4.29. The number of hydrogen-bond acceptors (Lipinski definition) is 2. The third-order valence-corrected chi connectivity index (χ3v) is 33.3. The fourth-order valence-electron chi connectivity index (χ4n) is 6.55. The molecule has 2 heterocycles. The van der Waals surface area contributed by atoms with E-state index in [1.165, 1.54) is 57.5 Å². The quantitative estimate of drug-likeness (QED) is 0.211. The van der Waals surface area contributed by atoms with Gasteiger partial charge in [0.2, 0.25) is 0 Å². The van der Waals surface area contributed by atoms with Crippen LogP contribution in [0.15, 0.2) is 82.6 Å². The van der Waals surface area contributed by atoms with Crippen molar-refractivity contribution >= 4 is 55.1 Å². The van der Waals surface area contributed by atoms with Crippen LogP contribution < -0.4 is 0 Å². The molecule has 0 bridgehead atoms. The summed E-state index contributed by atoms with van der Waals surface area (Å²) in [4.78, 5) is 2.58. The number of benzene rings is 2. The monoisotopic (exact) mass is 624 g/mol. The zero-order valence-electron chi connectivity index (χ0n) is 20.8. The molecule has 6 rings (SSSR count). The van der Waals surface area contributed by atoms with E-state index in [9.17, 15) is 0 Å². The zero-order chi connectivity index (χ0) is 25.3. The molecule has 2 aliphatic carbocycles. The first-order valence-corrected chi connectivity index (χ1v) is 24.4. The second-order valence-corrected chi connectivity index (χ2v) is 34.0. The molecule has 2 aliphatic rings.